The lowest BCUT2D eigenvalue weighted by molar-refractivity contribution is 0.0789. The van der Waals surface area contributed by atoms with Crippen LogP contribution in [0.25, 0.3) is 11.3 Å². The van der Waals surface area contributed by atoms with Gasteiger partial charge in [0.15, 0.2) is 0 Å². The summed E-state index contributed by atoms with van der Waals surface area (Å²) in [6.45, 7) is 0.695. The van der Waals surface area contributed by atoms with Crippen LogP contribution in [-0.2, 0) is 6.42 Å². The number of hydrogen-bond donors (Lipinski definition) is 1. The highest BCUT2D eigenvalue weighted by Gasteiger charge is 2.22. The molecule has 2 heterocycles. The Hall–Kier alpha value is -2.60. The molecule has 1 saturated carbocycles. The number of benzene rings is 1. The van der Waals surface area contributed by atoms with E-state index in [0.717, 1.165) is 40.4 Å². The molecule has 0 radical (unpaired) electrons. The Balaban J connectivity index is 1.32. The molecule has 3 aromatic rings. The molecule has 0 aliphatic heterocycles. The largest absolute Gasteiger partial charge is 0.342 e. The number of nitrogens with zero attached hydrogens (tertiary/aromatic N) is 3. The Morgan fingerprint density at radius 1 is 1.17 bits per heavy atom. The summed E-state index contributed by atoms with van der Waals surface area (Å²) in [5.41, 5.74) is 3.88. The summed E-state index contributed by atoms with van der Waals surface area (Å²) in [6, 6.07) is 16.0. The highest BCUT2D eigenvalue weighted by atomic mass is 32.2. The second-order valence-electron chi connectivity index (χ2n) is 7.86. The van der Waals surface area contributed by atoms with Crippen LogP contribution < -0.4 is 0 Å². The minimum atomic E-state index is 0.0539. The molecule has 0 atom stereocenters. The van der Waals surface area contributed by atoms with E-state index in [1.54, 1.807) is 18.0 Å². The SMILES string of the molecule is CN(CCCc1cc(-c2ccccc2)n[nH]1)C(=O)c1cccnc1SC1CCCC1. The van der Waals surface area contributed by atoms with E-state index in [2.05, 4.69) is 33.4 Å². The Morgan fingerprint density at radius 3 is 2.77 bits per heavy atom. The van der Waals surface area contributed by atoms with E-state index in [1.165, 1.54) is 25.7 Å². The number of H-pyrrole nitrogens is 1. The fraction of sp³-hybridized carbons (Fsp3) is 0.375. The first kappa shape index (κ1) is 20.7. The van der Waals surface area contributed by atoms with E-state index in [9.17, 15) is 4.79 Å². The molecule has 2 aromatic heterocycles. The van der Waals surface area contributed by atoms with Gasteiger partial charge >= 0.3 is 0 Å². The van der Waals surface area contributed by atoms with Gasteiger partial charge in [0, 0.05) is 36.3 Å². The highest BCUT2D eigenvalue weighted by molar-refractivity contribution is 7.99. The van der Waals surface area contributed by atoms with Crippen LogP contribution in [0.3, 0.4) is 0 Å². The summed E-state index contributed by atoms with van der Waals surface area (Å²) in [4.78, 5) is 19.3. The van der Waals surface area contributed by atoms with Crippen LogP contribution in [0.4, 0.5) is 0 Å². The number of carbonyl (C=O) groups is 1. The molecule has 6 heteroatoms. The third-order valence-electron chi connectivity index (χ3n) is 5.57. The average molecular weight is 421 g/mol. The number of amides is 1. The molecule has 0 spiro atoms. The Morgan fingerprint density at radius 2 is 1.97 bits per heavy atom. The predicted octanol–water partition coefficient (Wildman–Crippen LogP) is 5.21. The molecule has 1 amide bonds. The van der Waals surface area contributed by atoms with Crippen molar-refractivity contribution in [2.75, 3.05) is 13.6 Å². The van der Waals surface area contributed by atoms with Gasteiger partial charge in [-0.3, -0.25) is 9.89 Å². The fourth-order valence-corrected chi connectivity index (χ4v) is 5.16. The number of aryl methyl sites for hydroxylation is 1. The Labute approximate surface area is 182 Å². The zero-order chi connectivity index (χ0) is 20.8. The summed E-state index contributed by atoms with van der Waals surface area (Å²) in [7, 11) is 1.88. The van der Waals surface area contributed by atoms with Crippen molar-refractivity contribution >= 4 is 17.7 Å². The summed E-state index contributed by atoms with van der Waals surface area (Å²) >= 11 is 1.77. The van der Waals surface area contributed by atoms with Crippen LogP contribution in [0.5, 0.6) is 0 Å². The molecule has 1 N–H and O–H groups in total. The maximum Gasteiger partial charge on any atom is 0.256 e. The molecule has 1 fully saturated rings. The lowest BCUT2D eigenvalue weighted by atomic mass is 10.1. The van der Waals surface area contributed by atoms with Gasteiger partial charge in [-0.2, -0.15) is 5.10 Å². The van der Waals surface area contributed by atoms with Gasteiger partial charge in [0.1, 0.15) is 5.03 Å². The molecule has 5 nitrogen and oxygen atoms in total. The molecule has 1 aromatic carbocycles. The van der Waals surface area contributed by atoms with Crippen LogP contribution in [-0.4, -0.2) is 44.8 Å². The molecule has 1 aliphatic rings. The van der Waals surface area contributed by atoms with E-state index in [-0.39, 0.29) is 5.91 Å². The number of pyridine rings is 1. The summed E-state index contributed by atoms with van der Waals surface area (Å²) in [5.74, 6) is 0.0539. The van der Waals surface area contributed by atoms with Crippen molar-refractivity contribution < 1.29 is 4.79 Å². The predicted molar refractivity (Wildman–Crippen MR) is 122 cm³/mol. The van der Waals surface area contributed by atoms with Crippen LogP contribution in [0.1, 0.15) is 48.2 Å². The van der Waals surface area contributed by atoms with Gasteiger partial charge in [0.25, 0.3) is 5.91 Å². The highest BCUT2D eigenvalue weighted by Crippen LogP contribution is 2.35. The van der Waals surface area contributed by atoms with Crippen molar-refractivity contribution in [3.63, 3.8) is 0 Å². The number of aromatic nitrogens is 3. The van der Waals surface area contributed by atoms with Gasteiger partial charge in [-0.25, -0.2) is 4.98 Å². The molecule has 0 bridgehead atoms. The topological polar surface area (TPSA) is 61.9 Å². The number of aromatic amines is 1. The first-order chi connectivity index (χ1) is 14.7. The minimum absolute atomic E-state index is 0.0539. The summed E-state index contributed by atoms with van der Waals surface area (Å²) in [6.07, 6.45) is 8.54. The van der Waals surface area contributed by atoms with Gasteiger partial charge in [0.05, 0.1) is 11.3 Å². The van der Waals surface area contributed by atoms with E-state index >= 15 is 0 Å². The van der Waals surface area contributed by atoms with Crippen LogP contribution in [0.15, 0.2) is 59.8 Å². The summed E-state index contributed by atoms with van der Waals surface area (Å²) in [5, 5.41) is 9.00. The number of nitrogens with one attached hydrogen (secondary N) is 1. The third-order valence-corrected chi connectivity index (χ3v) is 6.92. The second-order valence-corrected chi connectivity index (χ2v) is 9.14. The molecular formula is C24H28N4OS. The smallest absolute Gasteiger partial charge is 0.256 e. The molecular weight excluding hydrogens is 392 g/mol. The van der Waals surface area contributed by atoms with Gasteiger partial charge in [-0.1, -0.05) is 43.2 Å². The second kappa shape index (κ2) is 9.94. The molecule has 156 valence electrons. The van der Waals surface area contributed by atoms with Crippen LogP contribution in [0, 0.1) is 0 Å². The third kappa shape index (κ3) is 5.11. The lowest BCUT2D eigenvalue weighted by Gasteiger charge is -2.19. The number of carbonyl (C=O) groups excluding carboxylic acids is 1. The zero-order valence-corrected chi connectivity index (χ0v) is 18.2. The van der Waals surface area contributed by atoms with E-state index in [1.807, 2.05) is 42.3 Å². The number of rotatable bonds is 8. The van der Waals surface area contributed by atoms with Gasteiger partial charge in [-0.15, -0.1) is 11.8 Å². The minimum Gasteiger partial charge on any atom is -0.342 e. The average Bonchev–Trinajstić information content (AvgIpc) is 3.46. The van der Waals surface area contributed by atoms with Crippen LogP contribution in [0.2, 0.25) is 0 Å². The van der Waals surface area contributed by atoms with Crippen molar-refractivity contribution in [1.29, 1.82) is 0 Å². The first-order valence-corrected chi connectivity index (χ1v) is 11.6. The van der Waals surface area contributed by atoms with Gasteiger partial charge in [-0.05, 0) is 43.9 Å². The van der Waals surface area contributed by atoms with Gasteiger partial charge < -0.3 is 4.90 Å². The van der Waals surface area contributed by atoms with Crippen LogP contribution >= 0.6 is 11.8 Å². The standard InChI is InChI=1S/C24H28N4OS/c1-28(16-8-11-19-17-22(27-26-19)18-9-3-2-4-10-18)24(29)21-14-7-15-25-23(21)30-20-12-5-6-13-20/h2-4,7,9-10,14-15,17,20H,5-6,8,11-13,16H2,1H3,(H,26,27). The number of thioether (sulfide) groups is 1. The van der Waals surface area contributed by atoms with E-state index < -0.39 is 0 Å². The number of hydrogen-bond acceptors (Lipinski definition) is 4. The maximum absolute atomic E-state index is 13.0. The van der Waals surface area contributed by atoms with E-state index in [0.29, 0.717) is 11.8 Å². The Kier molecular flexibility index (Phi) is 6.84. The summed E-state index contributed by atoms with van der Waals surface area (Å²) < 4.78 is 0. The zero-order valence-electron chi connectivity index (χ0n) is 17.4. The quantitative estimate of drug-likeness (QED) is 0.543. The van der Waals surface area contributed by atoms with Crippen molar-refractivity contribution in [1.82, 2.24) is 20.1 Å². The van der Waals surface area contributed by atoms with E-state index in [4.69, 9.17) is 0 Å². The fourth-order valence-electron chi connectivity index (χ4n) is 3.87. The van der Waals surface area contributed by atoms with Crippen molar-refractivity contribution in [2.45, 2.75) is 48.8 Å². The van der Waals surface area contributed by atoms with Gasteiger partial charge in [0.2, 0.25) is 0 Å². The van der Waals surface area contributed by atoms with Crippen molar-refractivity contribution in [3.8, 4) is 11.3 Å². The molecule has 30 heavy (non-hydrogen) atoms. The van der Waals surface area contributed by atoms with Crippen molar-refractivity contribution in [3.05, 3.63) is 66.0 Å². The lowest BCUT2D eigenvalue weighted by Crippen LogP contribution is -2.28. The monoisotopic (exact) mass is 420 g/mol. The van der Waals surface area contributed by atoms with Crippen molar-refractivity contribution in [2.24, 2.45) is 0 Å². The normalized spacial score (nSPS) is 14.2. The molecule has 0 unspecified atom stereocenters. The molecule has 0 saturated heterocycles. The molecule has 1 aliphatic carbocycles. The Bertz CT molecular complexity index is 966. The first-order valence-electron chi connectivity index (χ1n) is 10.7. The maximum atomic E-state index is 13.0. The molecule has 4 rings (SSSR count).